The molecule has 18 heavy (non-hydrogen) atoms. The Labute approximate surface area is 116 Å². The van der Waals surface area contributed by atoms with Crippen molar-refractivity contribution in [1.29, 1.82) is 0 Å². The molecule has 0 aliphatic rings. The number of hydrogen-bond donors (Lipinski definition) is 1. The van der Waals surface area contributed by atoms with E-state index >= 15 is 0 Å². The Balaban J connectivity index is 2.62. The average molecular weight is 269 g/mol. The van der Waals surface area contributed by atoms with Gasteiger partial charge in [-0.15, -0.1) is 11.3 Å². The molecule has 1 aromatic heterocycles. The molecule has 1 unspecified atom stereocenters. The van der Waals surface area contributed by atoms with E-state index in [9.17, 15) is 0 Å². The Kier molecular flexibility index (Phi) is 5.60. The zero-order valence-electron chi connectivity index (χ0n) is 12.6. The number of hydrogen-bond acceptors (Lipinski definition) is 4. The van der Waals surface area contributed by atoms with Crippen molar-refractivity contribution >= 4 is 16.5 Å². The highest BCUT2D eigenvalue weighted by Gasteiger charge is 2.17. The molecule has 0 saturated heterocycles. The Hall–Kier alpha value is -0.610. The predicted octanol–water partition coefficient (Wildman–Crippen LogP) is 3.69. The summed E-state index contributed by atoms with van der Waals surface area (Å²) in [6, 6.07) is 0.402. The van der Waals surface area contributed by atoms with Gasteiger partial charge < -0.3 is 10.2 Å². The van der Waals surface area contributed by atoms with E-state index in [-0.39, 0.29) is 0 Å². The minimum Gasteiger partial charge on any atom is -0.351 e. The van der Waals surface area contributed by atoms with Crippen molar-refractivity contribution in [2.75, 3.05) is 25.0 Å². The maximum atomic E-state index is 4.53. The van der Waals surface area contributed by atoms with E-state index in [1.54, 1.807) is 11.3 Å². The average Bonchev–Trinajstić information content (AvgIpc) is 2.72. The molecule has 1 aromatic rings. The van der Waals surface area contributed by atoms with Crippen molar-refractivity contribution in [3.63, 3.8) is 0 Å². The lowest BCUT2D eigenvalue weighted by atomic mass is 9.96. The van der Waals surface area contributed by atoms with E-state index in [4.69, 9.17) is 0 Å². The molecular formula is C14H27N3S. The summed E-state index contributed by atoms with van der Waals surface area (Å²) in [7, 11) is 2.12. The predicted molar refractivity (Wildman–Crippen MR) is 81.5 cm³/mol. The van der Waals surface area contributed by atoms with E-state index < -0.39 is 0 Å². The van der Waals surface area contributed by atoms with Crippen LogP contribution in [0.25, 0.3) is 0 Å². The molecule has 0 aromatic carbocycles. The molecule has 3 nitrogen and oxygen atoms in total. The lowest BCUT2D eigenvalue weighted by Crippen LogP contribution is -2.28. The van der Waals surface area contributed by atoms with Crippen LogP contribution in [-0.2, 0) is 0 Å². The number of anilines is 1. The molecule has 1 atom stereocenters. The van der Waals surface area contributed by atoms with Crippen LogP contribution in [0.3, 0.4) is 0 Å². The molecule has 1 rings (SSSR count). The lowest BCUT2D eigenvalue weighted by Gasteiger charge is -2.26. The van der Waals surface area contributed by atoms with Crippen molar-refractivity contribution in [1.82, 2.24) is 10.3 Å². The summed E-state index contributed by atoms with van der Waals surface area (Å²) in [5.74, 6) is 0. The molecule has 0 aliphatic heterocycles. The van der Waals surface area contributed by atoms with Gasteiger partial charge in [0.1, 0.15) is 0 Å². The SMILES string of the molecule is CCCNC(C)c1cnc(N(C)CC(C)(C)C)s1. The first-order valence-corrected chi connectivity index (χ1v) is 7.55. The van der Waals surface area contributed by atoms with E-state index in [1.165, 1.54) is 11.3 Å². The van der Waals surface area contributed by atoms with E-state index in [2.05, 4.69) is 56.9 Å². The summed E-state index contributed by atoms with van der Waals surface area (Å²) in [4.78, 5) is 8.10. The van der Waals surface area contributed by atoms with E-state index in [1.807, 2.05) is 6.20 Å². The van der Waals surface area contributed by atoms with Crippen LogP contribution >= 0.6 is 11.3 Å². The number of thiazole rings is 1. The lowest BCUT2D eigenvalue weighted by molar-refractivity contribution is 0.419. The number of rotatable bonds is 6. The van der Waals surface area contributed by atoms with Crippen LogP contribution in [0, 0.1) is 5.41 Å². The minimum atomic E-state index is 0.298. The summed E-state index contributed by atoms with van der Waals surface area (Å²) in [6.45, 7) is 13.2. The molecule has 104 valence electrons. The van der Waals surface area contributed by atoms with Gasteiger partial charge in [0, 0.05) is 30.7 Å². The molecule has 0 aliphatic carbocycles. The smallest absolute Gasteiger partial charge is 0.185 e. The number of nitrogens with one attached hydrogen (secondary N) is 1. The first kappa shape index (κ1) is 15.4. The molecular weight excluding hydrogens is 242 g/mol. The van der Waals surface area contributed by atoms with Gasteiger partial charge in [0.25, 0.3) is 0 Å². The van der Waals surface area contributed by atoms with Crippen LogP contribution in [0.1, 0.15) is 52.0 Å². The largest absolute Gasteiger partial charge is 0.351 e. The maximum Gasteiger partial charge on any atom is 0.185 e. The van der Waals surface area contributed by atoms with Gasteiger partial charge in [0.2, 0.25) is 0 Å². The second-order valence-corrected chi connectivity index (χ2v) is 7.18. The van der Waals surface area contributed by atoms with E-state index in [0.29, 0.717) is 11.5 Å². The fraction of sp³-hybridized carbons (Fsp3) is 0.786. The van der Waals surface area contributed by atoms with Gasteiger partial charge in [-0.1, -0.05) is 27.7 Å². The zero-order valence-corrected chi connectivity index (χ0v) is 13.4. The Bertz CT molecular complexity index is 354. The first-order valence-electron chi connectivity index (χ1n) is 6.73. The highest BCUT2D eigenvalue weighted by atomic mass is 32.1. The third kappa shape index (κ3) is 4.94. The van der Waals surface area contributed by atoms with Gasteiger partial charge in [-0.25, -0.2) is 4.98 Å². The van der Waals surface area contributed by atoms with Gasteiger partial charge >= 0.3 is 0 Å². The van der Waals surface area contributed by atoms with Crippen LogP contribution in [-0.4, -0.2) is 25.1 Å². The Morgan fingerprint density at radius 2 is 2.11 bits per heavy atom. The van der Waals surface area contributed by atoms with Crippen molar-refractivity contribution < 1.29 is 0 Å². The van der Waals surface area contributed by atoms with Gasteiger partial charge in [0.15, 0.2) is 5.13 Å². The highest BCUT2D eigenvalue weighted by molar-refractivity contribution is 7.15. The maximum absolute atomic E-state index is 4.53. The van der Waals surface area contributed by atoms with Crippen molar-refractivity contribution in [2.45, 2.75) is 47.1 Å². The molecule has 0 spiro atoms. The van der Waals surface area contributed by atoms with Crippen LogP contribution in [0.15, 0.2) is 6.20 Å². The minimum absolute atomic E-state index is 0.298. The topological polar surface area (TPSA) is 28.2 Å². The molecule has 0 bridgehead atoms. The van der Waals surface area contributed by atoms with Gasteiger partial charge in [0.05, 0.1) is 0 Å². The number of nitrogens with zero attached hydrogens (tertiary/aromatic N) is 2. The molecule has 1 N–H and O–H groups in total. The summed E-state index contributed by atoms with van der Waals surface area (Å²) in [5.41, 5.74) is 0.298. The standard InChI is InChI=1S/C14H27N3S/c1-7-8-15-11(2)12-9-16-13(18-12)17(6)10-14(3,4)5/h9,11,15H,7-8,10H2,1-6H3. The van der Waals surface area contributed by atoms with Crippen molar-refractivity contribution in [3.8, 4) is 0 Å². The van der Waals surface area contributed by atoms with Crippen LogP contribution < -0.4 is 10.2 Å². The highest BCUT2D eigenvalue weighted by Crippen LogP contribution is 2.28. The summed E-state index contributed by atoms with van der Waals surface area (Å²) in [5, 5.41) is 4.62. The molecule has 0 amide bonds. The summed E-state index contributed by atoms with van der Waals surface area (Å²) < 4.78 is 0. The summed E-state index contributed by atoms with van der Waals surface area (Å²) >= 11 is 1.79. The zero-order chi connectivity index (χ0) is 13.8. The number of aromatic nitrogens is 1. The van der Waals surface area contributed by atoms with Gasteiger partial charge in [-0.2, -0.15) is 0 Å². The molecule has 4 heteroatoms. The first-order chi connectivity index (χ1) is 8.33. The molecule has 0 fully saturated rings. The third-order valence-corrected chi connectivity index (χ3v) is 3.97. The van der Waals surface area contributed by atoms with Crippen LogP contribution in [0.5, 0.6) is 0 Å². The normalized spacial score (nSPS) is 13.7. The quantitative estimate of drug-likeness (QED) is 0.854. The van der Waals surface area contributed by atoms with Crippen molar-refractivity contribution in [3.05, 3.63) is 11.1 Å². The fourth-order valence-electron chi connectivity index (χ4n) is 1.89. The molecule has 1 heterocycles. The van der Waals surface area contributed by atoms with Crippen LogP contribution in [0.4, 0.5) is 5.13 Å². The molecule has 0 radical (unpaired) electrons. The fourth-order valence-corrected chi connectivity index (χ4v) is 2.80. The van der Waals surface area contributed by atoms with Crippen LogP contribution in [0.2, 0.25) is 0 Å². The third-order valence-electron chi connectivity index (χ3n) is 2.68. The van der Waals surface area contributed by atoms with Gasteiger partial charge in [-0.05, 0) is 25.3 Å². The van der Waals surface area contributed by atoms with E-state index in [0.717, 1.165) is 18.2 Å². The summed E-state index contributed by atoms with van der Waals surface area (Å²) in [6.07, 6.45) is 3.17. The Morgan fingerprint density at radius 1 is 1.44 bits per heavy atom. The monoisotopic (exact) mass is 269 g/mol. The Morgan fingerprint density at radius 3 is 2.67 bits per heavy atom. The van der Waals surface area contributed by atoms with Gasteiger partial charge in [-0.3, -0.25) is 0 Å². The second kappa shape index (κ2) is 6.53. The molecule has 0 saturated carbocycles. The van der Waals surface area contributed by atoms with Crippen molar-refractivity contribution in [2.24, 2.45) is 5.41 Å². The second-order valence-electron chi connectivity index (χ2n) is 6.14.